The van der Waals surface area contributed by atoms with Gasteiger partial charge in [-0.05, 0) is 46.6 Å². The normalized spacial score (nSPS) is 10.7. The van der Waals surface area contributed by atoms with E-state index in [0.29, 0.717) is 12.2 Å². The van der Waals surface area contributed by atoms with E-state index in [0.717, 1.165) is 22.3 Å². The van der Waals surface area contributed by atoms with Gasteiger partial charge in [-0.1, -0.05) is 12.1 Å². The van der Waals surface area contributed by atoms with Gasteiger partial charge in [0.1, 0.15) is 18.3 Å². The number of aryl methyl sites for hydroxylation is 1. The lowest BCUT2D eigenvalue weighted by Crippen LogP contribution is -2.16. The number of nitrogens with zero attached hydrogens (tertiary/aromatic N) is 4. The SMILES string of the molecule is CCn1cc(Br)cc1C(=O)Nc1cccc(Cn2cncn2)c1. The minimum Gasteiger partial charge on any atom is -0.343 e. The van der Waals surface area contributed by atoms with E-state index < -0.39 is 0 Å². The van der Waals surface area contributed by atoms with Crippen LogP contribution in [0.2, 0.25) is 0 Å². The van der Waals surface area contributed by atoms with Gasteiger partial charge in [-0.2, -0.15) is 5.10 Å². The average Bonchev–Trinajstić information content (AvgIpc) is 3.16. The summed E-state index contributed by atoms with van der Waals surface area (Å²) in [6.07, 6.45) is 5.06. The van der Waals surface area contributed by atoms with Gasteiger partial charge in [0.25, 0.3) is 5.91 Å². The highest BCUT2D eigenvalue weighted by molar-refractivity contribution is 9.10. The molecule has 7 heteroatoms. The summed E-state index contributed by atoms with van der Waals surface area (Å²) in [4.78, 5) is 16.4. The van der Waals surface area contributed by atoms with E-state index in [-0.39, 0.29) is 5.91 Å². The summed E-state index contributed by atoms with van der Waals surface area (Å²) < 4.78 is 4.53. The molecule has 2 heterocycles. The molecule has 0 bridgehead atoms. The number of amides is 1. The number of nitrogens with one attached hydrogen (secondary N) is 1. The predicted octanol–water partition coefficient (Wildman–Crippen LogP) is 3.16. The molecule has 0 spiro atoms. The standard InChI is InChI=1S/C16H16BrN5O/c1-2-21-9-13(17)7-15(21)16(23)20-14-5-3-4-12(6-14)8-22-11-18-10-19-22/h3-7,9-11H,2,8H2,1H3,(H,20,23). The highest BCUT2D eigenvalue weighted by Gasteiger charge is 2.12. The molecule has 0 aliphatic carbocycles. The van der Waals surface area contributed by atoms with Crippen molar-refractivity contribution < 1.29 is 4.79 Å². The molecule has 3 aromatic rings. The van der Waals surface area contributed by atoms with Crippen molar-refractivity contribution in [3.63, 3.8) is 0 Å². The molecule has 0 unspecified atom stereocenters. The molecule has 118 valence electrons. The molecule has 0 aliphatic rings. The number of aromatic nitrogens is 4. The van der Waals surface area contributed by atoms with Crippen molar-refractivity contribution in [3.8, 4) is 0 Å². The Labute approximate surface area is 142 Å². The van der Waals surface area contributed by atoms with Crippen molar-refractivity contribution in [2.45, 2.75) is 20.0 Å². The van der Waals surface area contributed by atoms with E-state index in [1.807, 2.05) is 48.0 Å². The number of halogens is 1. The zero-order valence-electron chi connectivity index (χ0n) is 12.6. The molecule has 6 nitrogen and oxygen atoms in total. The van der Waals surface area contributed by atoms with Gasteiger partial charge in [0.05, 0.1) is 6.54 Å². The lowest BCUT2D eigenvalue weighted by Gasteiger charge is -2.09. The topological polar surface area (TPSA) is 64.7 Å². The van der Waals surface area contributed by atoms with Crippen LogP contribution in [0.4, 0.5) is 5.69 Å². The van der Waals surface area contributed by atoms with Crippen LogP contribution in [0, 0.1) is 0 Å². The van der Waals surface area contributed by atoms with Crippen LogP contribution in [0.1, 0.15) is 23.0 Å². The van der Waals surface area contributed by atoms with Crippen molar-refractivity contribution in [1.29, 1.82) is 0 Å². The van der Waals surface area contributed by atoms with Crippen molar-refractivity contribution in [2.75, 3.05) is 5.32 Å². The number of carbonyl (C=O) groups is 1. The smallest absolute Gasteiger partial charge is 0.272 e. The predicted molar refractivity (Wildman–Crippen MR) is 91.3 cm³/mol. The molecule has 0 aliphatic heterocycles. The third-order valence-electron chi connectivity index (χ3n) is 3.43. The Morgan fingerprint density at radius 2 is 2.22 bits per heavy atom. The fourth-order valence-electron chi connectivity index (χ4n) is 2.37. The fourth-order valence-corrected chi connectivity index (χ4v) is 2.83. The van der Waals surface area contributed by atoms with Crippen LogP contribution in [-0.4, -0.2) is 25.2 Å². The van der Waals surface area contributed by atoms with Gasteiger partial charge in [-0.3, -0.25) is 4.79 Å². The van der Waals surface area contributed by atoms with Gasteiger partial charge in [0, 0.05) is 22.9 Å². The Balaban J connectivity index is 1.76. The molecular weight excluding hydrogens is 358 g/mol. The number of hydrogen-bond donors (Lipinski definition) is 1. The zero-order valence-corrected chi connectivity index (χ0v) is 14.2. The van der Waals surface area contributed by atoms with E-state index in [1.54, 1.807) is 11.0 Å². The largest absolute Gasteiger partial charge is 0.343 e. The van der Waals surface area contributed by atoms with E-state index >= 15 is 0 Å². The van der Waals surface area contributed by atoms with Crippen molar-refractivity contribution in [3.05, 3.63) is 64.9 Å². The number of carbonyl (C=O) groups excluding carboxylic acids is 1. The number of rotatable bonds is 5. The van der Waals surface area contributed by atoms with Gasteiger partial charge < -0.3 is 9.88 Å². The Kier molecular flexibility index (Phi) is 4.57. The Morgan fingerprint density at radius 1 is 1.35 bits per heavy atom. The summed E-state index contributed by atoms with van der Waals surface area (Å²) in [7, 11) is 0. The van der Waals surface area contributed by atoms with E-state index in [1.165, 1.54) is 6.33 Å². The molecule has 2 aromatic heterocycles. The van der Waals surface area contributed by atoms with E-state index in [4.69, 9.17) is 0 Å². The van der Waals surface area contributed by atoms with Crippen LogP contribution in [0.15, 0.2) is 53.7 Å². The van der Waals surface area contributed by atoms with Crippen molar-refractivity contribution in [2.24, 2.45) is 0 Å². The molecule has 1 amide bonds. The molecule has 0 saturated carbocycles. The fraction of sp³-hybridized carbons (Fsp3) is 0.188. The molecule has 1 N–H and O–H groups in total. The van der Waals surface area contributed by atoms with E-state index in [2.05, 4.69) is 31.3 Å². The quantitative estimate of drug-likeness (QED) is 0.746. The zero-order chi connectivity index (χ0) is 16.2. The number of benzene rings is 1. The van der Waals surface area contributed by atoms with Crippen LogP contribution in [-0.2, 0) is 13.1 Å². The molecule has 0 atom stereocenters. The summed E-state index contributed by atoms with van der Waals surface area (Å²) in [5.41, 5.74) is 2.42. The van der Waals surface area contributed by atoms with Crippen LogP contribution in [0.5, 0.6) is 0 Å². The maximum atomic E-state index is 12.5. The van der Waals surface area contributed by atoms with E-state index in [9.17, 15) is 4.79 Å². The summed E-state index contributed by atoms with van der Waals surface area (Å²) in [6.45, 7) is 3.35. The molecular formula is C16H16BrN5O. The van der Waals surface area contributed by atoms with Gasteiger partial charge in [-0.25, -0.2) is 9.67 Å². The van der Waals surface area contributed by atoms with Crippen molar-refractivity contribution >= 4 is 27.5 Å². The van der Waals surface area contributed by atoms with Gasteiger partial charge in [0.2, 0.25) is 0 Å². The maximum absolute atomic E-state index is 12.5. The Morgan fingerprint density at radius 3 is 2.96 bits per heavy atom. The third-order valence-corrected chi connectivity index (χ3v) is 3.87. The van der Waals surface area contributed by atoms with Crippen LogP contribution < -0.4 is 5.32 Å². The third kappa shape index (κ3) is 3.68. The van der Waals surface area contributed by atoms with Crippen LogP contribution >= 0.6 is 15.9 Å². The average molecular weight is 374 g/mol. The molecule has 0 fully saturated rings. The molecule has 0 saturated heterocycles. The van der Waals surface area contributed by atoms with Gasteiger partial charge in [0.15, 0.2) is 0 Å². The summed E-state index contributed by atoms with van der Waals surface area (Å²) in [5, 5.41) is 7.03. The Hall–Kier alpha value is -2.41. The highest BCUT2D eigenvalue weighted by Crippen LogP contribution is 2.18. The first-order chi connectivity index (χ1) is 11.2. The summed E-state index contributed by atoms with van der Waals surface area (Å²) >= 11 is 3.41. The first-order valence-corrected chi connectivity index (χ1v) is 8.03. The van der Waals surface area contributed by atoms with Crippen molar-refractivity contribution in [1.82, 2.24) is 19.3 Å². The monoisotopic (exact) mass is 373 g/mol. The second-order valence-electron chi connectivity index (χ2n) is 5.08. The summed E-state index contributed by atoms with van der Waals surface area (Å²) in [5.74, 6) is -0.129. The Bertz CT molecular complexity index is 810. The number of anilines is 1. The summed E-state index contributed by atoms with van der Waals surface area (Å²) in [6, 6.07) is 9.53. The van der Waals surface area contributed by atoms with Gasteiger partial charge >= 0.3 is 0 Å². The minimum atomic E-state index is -0.129. The van der Waals surface area contributed by atoms with Crippen LogP contribution in [0.25, 0.3) is 0 Å². The molecule has 0 radical (unpaired) electrons. The molecule has 3 rings (SSSR count). The lowest BCUT2D eigenvalue weighted by atomic mass is 10.2. The second kappa shape index (κ2) is 6.78. The molecule has 23 heavy (non-hydrogen) atoms. The minimum absolute atomic E-state index is 0.129. The molecule has 1 aromatic carbocycles. The highest BCUT2D eigenvalue weighted by atomic mass is 79.9. The maximum Gasteiger partial charge on any atom is 0.272 e. The van der Waals surface area contributed by atoms with Crippen LogP contribution in [0.3, 0.4) is 0 Å². The first-order valence-electron chi connectivity index (χ1n) is 7.24. The van der Waals surface area contributed by atoms with Gasteiger partial charge in [-0.15, -0.1) is 0 Å². The lowest BCUT2D eigenvalue weighted by molar-refractivity contribution is 0.101. The second-order valence-corrected chi connectivity index (χ2v) is 5.99. The number of hydrogen-bond acceptors (Lipinski definition) is 3. The first kappa shape index (κ1) is 15.5.